The summed E-state index contributed by atoms with van der Waals surface area (Å²) in [4.78, 5) is 84.5. The molecule has 1 unspecified atom stereocenters. The third-order valence-electron chi connectivity index (χ3n) is 13.9. The van der Waals surface area contributed by atoms with E-state index in [-0.39, 0.29) is 58.4 Å². The van der Waals surface area contributed by atoms with Crippen LogP contribution in [0.4, 0.5) is 21.0 Å². The number of nitrogens with one attached hydrogen (secondary N) is 4. The van der Waals surface area contributed by atoms with Gasteiger partial charge in [0, 0.05) is 41.6 Å². The molecule has 66 heavy (non-hydrogen) atoms. The van der Waals surface area contributed by atoms with Crippen molar-refractivity contribution in [2.75, 3.05) is 37.5 Å². The van der Waals surface area contributed by atoms with Gasteiger partial charge in [0.05, 0.1) is 20.3 Å². The van der Waals surface area contributed by atoms with E-state index >= 15 is 0 Å². The molecule has 4 aliphatic rings. The fourth-order valence-corrected chi connectivity index (χ4v) is 9.97. The Morgan fingerprint density at radius 2 is 1.21 bits per heavy atom. The van der Waals surface area contributed by atoms with Crippen molar-refractivity contribution in [3.05, 3.63) is 83.6 Å². The number of hydrogen-bond donors (Lipinski definition) is 4. The summed E-state index contributed by atoms with van der Waals surface area (Å²) in [6, 6.07) is 14.1. The van der Waals surface area contributed by atoms with E-state index in [0.29, 0.717) is 56.6 Å². The molecule has 6 amide bonds. The van der Waals surface area contributed by atoms with Crippen molar-refractivity contribution in [2.24, 2.45) is 17.3 Å². The van der Waals surface area contributed by atoms with Crippen molar-refractivity contribution in [2.45, 2.75) is 142 Å². The molecule has 0 spiro atoms. The normalized spacial score (nSPS) is 23.9. The second-order valence-corrected chi connectivity index (χ2v) is 20.2. The lowest BCUT2D eigenvalue weighted by Gasteiger charge is -2.43. The molecule has 2 aromatic rings. The van der Waals surface area contributed by atoms with E-state index in [9.17, 15) is 28.8 Å². The highest BCUT2D eigenvalue weighted by atomic mass is 16.5. The molecular formula is C51H71N7O8. The number of rotatable bonds is 13. The van der Waals surface area contributed by atoms with Crippen LogP contribution in [0.5, 0.6) is 0 Å². The van der Waals surface area contributed by atoms with E-state index in [2.05, 4.69) is 102 Å². The highest BCUT2D eigenvalue weighted by Gasteiger charge is 2.45. The van der Waals surface area contributed by atoms with E-state index in [4.69, 9.17) is 9.47 Å². The first-order chi connectivity index (χ1) is 31.3. The van der Waals surface area contributed by atoms with Gasteiger partial charge in [-0.25, -0.2) is 9.59 Å². The fraction of sp³-hybridized carbons (Fsp3) is 0.569. The monoisotopic (exact) mass is 910 g/mol. The summed E-state index contributed by atoms with van der Waals surface area (Å²) in [6.07, 6.45) is 9.83. The summed E-state index contributed by atoms with van der Waals surface area (Å²) in [5.74, 6) is -1.51. The molecule has 0 aromatic heterocycles. The van der Waals surface area contributed by atoms with Crippen LogP contribution in [0.25, 0.3) is 0 Å². The van der Waals surface area contributed by atoms with Gasteiger partial charge in [0.15, 0.2) is 0 Å². The minimum absolute atomic E-state index is 0.00980. The largest absolute Gasteiger partial charge is 0.453 e. The van der Waals surface area contributed by atoms with Crippen LogP contribution in [-0.4, -0.2) is 103 Å². The zero-order valence-electron chi connectivity index (χ0n) is 40.4. The molecule has 3 fully saturated rings. The zero-order chi connectivity index (χ0) is 48.1. The predicted octanol–water partition coefficient (Wildman–Crippen LogP) is 7.34. The number of allylic oxidation sites excluding steroid dienone is 2. The highest BCUT2D eigenvalue weighted by Crippen LogP contribution is 2.49. The van der Waals surface area contributed by atoms with Crippen LogP contribution >= 0.6 is 0 Å². The van der Waals surface area contributed by atoms with E-state index in [1.165, 1.54) is 19.8 Å². The summed E-state index contributed by atoms with van der Waals surface area (Å²) in [7, 11) is 2.51. The lowest BCUT2D eigenvalue weighted by molar-refractivity contribution is -0.140. The van der Waals surface area contributed by atoms with Gasteiger partial charge in [-0.3, -0.25) is 19.2 Å². The average Bonchev–Trinajstić information content (AvgIpc) is 4.09. The van der Waals surface area contributed by atoms with Crippen molar-refractivity contribution in [1.82, 2.24) is 25.8 Å². The van der Waals surface area contributed by atoms with Gasteiger partial charge in [-0.1, -0.05) is 91.8 Å². The van der Waals surface area contributed by atoms with Crippen LogP contribution in [0.2, 0.25) is 0 Å². The number of carbonyl (C=O) groups is 6. The van der Waals surface area contributed by atoms with E-state index in [0.717, 1.165) is 24.1 Å². The Kier molecular flexibility index (Phi) is 15.6. The fourth-order valence-electron chi connectivity index (χ4n) is 9.97. The number of methoxy groups -OCH3 is 2. The Bertz CT molecular complexity index is 2160. The number of likely N-dealkylation sites (tertiary alicyclic amines) is 2. The molecule has 0 saturated carbocycles. The minimum atomic E-state index is -0.812. The average molecular weight is 910 g/mol. The maximum Gasteiger partial charge on any atom is 0.407 e. The minimum Gasteiger partial charge on any atom is -0.453 e. The number of alkyl carbamates (subject to hydrolysis) is 2. The number of nitrogens with zero attached hydrogens (tertiary/aromatic N) is 3. The molecule has 3 saturated heterocycles. The molecule has 3 aliphatic heterocycles. The number of benzene rings is 2. The van der Waals surface area contributed by atoms with Crippen molar-refractivity contribution in [3.8, 4) is 0 Å². The molecule has 15 nitrogen and oxygen atoms in total. The Morgan fingerprint density at radius 3 is 1.67 bits per heavy atom. The number of ether oxygens (including phenoxy) is 2. The van der Waals surface area contributed by atoms with Gasteiger partial charge in [0.1, 0.15) is 24.2 Å². The maximum absolute atomic E-state index is 13.8. The highest BCUT2D eigenvalue weighted by molar-refractivity contribution is 5.99. The van der Waals surface area contributed by atoms with E-state index < -0.39 is 36.4 Å². The first-order valence-electron chi connectivity index (χ1n) is 23.6. The quantitative estimate of drug-likeness (QED) is 0.160. The summed E-state index contributed by atoms with van der Waals surface area (Å²) in [5.41, 5.74) is 4.51. The first-order valence-corrected chi connectivity index (χ1v) is 23.6. The molecular weight excluding hydrogens is 839 g/mol. The van der Waals surface area contributed by atoms with Crippen molar-refractivity contribution >= 4 is 47.2 Å². The molecule has 358 valence electrons. The molecule has 1 aliphatic carbocycles. The molecule has 0 radical (unpaired) electrons. The van der Waals surface area contributed by atoms with Gasteiger partial charge in [0.2, 0.25) is 23.6 Å². The zero-order valence-corrected chi connectivity index (χ0v) is 40.4. The predicted molar refractivity (Wildman–Crippen MR) is 254 cm³/mol. The third kappa shape index (κ3) is 11.0. The van der Waals surface area contributed by atoms with Gasteiger partial charge in [-0.05, 0) is 104 Å². The second-order valence-electron chi connectivity index (χ2n) is 20.2. The number of hydrogen-bond acceptors (Lipinski definition) is 9. The molecule has 2 aromatic carbocycles. The maximum atomic E-state index is 13.8. The number of carbonyl (C=O) groups excluding carboxylic acids is 6. The van der Waals surface area contributed by atoms with Crippen LogP contribution < -0.4 is 26.2 Å². The number of amides is 6. The summed E-state index contributed by atoms with van der Waals surface area (Å²) >= 11 is 0. The number of anilines is 2. The van der Waals surface area contributed by atoms with Gasteiger partial charge in [0.25, 0.3) is 0 Å². The molecule has 6 rings (SSSR count). The van der Waals surface area contributed by atoms with E-state index in [1.807, 2.05) is 45.9 Å². The van der Waals surface area contributed by atoms with Crippen LogP contribution in [0.1, 0.15) is 118 Å². The van der Waals surface area contributed by atoms with Crippen molar-refractivity contribution < 1.29 is 38.2 Å². The van der Waals surface area contributed by atoms with Crippen LogP contribution in [0.15, 0.2) is 72.5 Å². The van der Waals surface area contributed by atoms with Gasteiger partial charge >= 0.3 is 12.2 Å². The standard InChI is InChI=1S/C51H71N7O8/c1-31(2)42(54-48(63)65-9)46(61)56-29-11-13-39(56)44(59)52-35-19-15-33(16-20-35)38-23-24-41(58(38)37-21-17-34(18-22-37)50(5,6)7)51(8)27-25-36(26-28-51)53-45(60)40-14-12-30-57(40)47(62)43(32(3)4)55-49(64)66-10/h15-22,25-27,31-32,38-43H,11-14,23-24,28-30H2,1-10H3,(H,52,59)(H,53,60)(H,54,63)(H,55,64)/t38-,39-,40-,41-,42-,43-,51?/m0/s1. The van der Waals surface area contributed by atoms with Gasteiger partial charge in [-0.2, -0.15) is 0 Å². The smallest absolute Gasteiger partial charge is 0.407 e. The van der Waals surface area contributed by atoms with Crippen LogP contribution in [0, 0.1) is 17.3 Å². The Morgan fingerprint density at radius 1 is 0.697 bits per heavy atom. The first kappa shape index (κ1) is 49.6. The molecule has 3 heterocycles. The Labute approximate surface area is 390 Å². The Hall–Kier alpha value is -5.86. The summed E-state index contributed by atoms with van der Waals surface area (Å²) in [5, 5.41) is 11.4. The third-order valence-corrected chi connectivity index (χ3v) is 13.9. The SMILES string of the molecule is COC(=O)N[C@H](C(=O)N1CCC[C@H]1C(=O)NC1=CCC(C)([C@@H]2CC[C@@H](c3ccc(NC(=O)[C@@H]4CCCN4C(=O)[C@@H](NC(=O)OC)C(C)C)cc3)N2c2ccc(C(C)(C)C)cc2)C=C1)C(C)C. The molecule has 7 atom stereocenters. The van der Waals surface area contributed by atoms with Crippen molar-refractivity contribution in [1.29, 1.82) is 0 Å². The summed E-state index contributed by atoms with van der Waals surface area (Å²) in [6.45, 7) is 17.1. The second kappa shape index (κ2) is 20.8. The van der Waals surface area contributed by atoms with Crippen LogP contribution in [0.3, 0.4) is 0 Å². The molecule has 4 N–H and O–H groups in total. The van der Waals surface area contributed by atoms with Crippen LogP contribution in [-0.2, 0) is 34.1 Å². The Balaban J connectivity index is 1.16. The van der Waals surface area contributed by atoms with Crippen molar-refractivity contribution in [3.63, 3.8) is 0 Å². The van der Waals surface area contributed by atoms with E-state index in [1.54, 1.807) is 9.80 Å². The topological polar surface area (TPSA) is 179 Å². The molecule has 15 heteroatoms. The summed E-state index contributed by atoms with van der Waals surface area (Å²) < 4.78 is 9.51. The van der Waals surface area contributed by atoms with Gasteiger partial charge in [-0.15, -0.1) is 0 Å². The molecule has 0 bridgehead atoms. The lowest BCUT2D eigenvalue weighted by atomic mass is 9.75. The van der Waals surface area contributed by atoms with Gasteiger partial charge < -0.3 is 45.4 Å². The lowest BCUT2D eigenvalue weighted by Crippen LogP contribution is -2.55.